The molecule has 1 aromatic carbocycles. The number of nitrogens with one attached hydrogen (secondary N) is 2. The molecule has 4 N–H and O–H groups in total. The summed E-state index contributed by atoms with van der Waals surface area (Å²) in [5.41, 5.74) is -4.21. The number of H-pyrrole nitrogens is 1. The van der Waals surface area contributed by atoms with E-state index < -0.39 is 67.5 Å². The van der Waals surface area contributed by atoms with Gasteiger partial charge in [0.05, 0.1) is 6.10 Å². The maximum Gasteiger partial charge on any atom is 0.459 e. The molecule has 1 aliphatic rings. The number of ether oxygens (including phenoxy) is 2. The minimum absolute atomic E-state index is 0.0277. The molecule has 2 heterocycles. The van der Waals surface area contributed by atoms with Crippen LogP contribution < -0.4 is 20.9 Å². The van der Waals surface area contributed by atoms with Gasteiger partial charge in [0.15, 0.2) is 6.23 Å². The van der Waals surface area contributed by atoms with Crippen LogP contribution >= 0.6 is 19.3 Å². The van der Waals surface area contributed by atoms with Crippen LogP contribution in [0.5, 0.6) is 5.75 Å². The number of benzene rings is 1. The summed E-state index contributed by atoms with van der Waals surface area (Å²) >= 11 is 5.86. The van der Waals surface area contributed by atoms with Crippen LogP contribution in [0.3, 0.4) is 0 Å². The van der Waals surface area contributed by atoms with Crippen molar-refractivity contribution >= 4 is 25.3 Å². The first-order valence-corrected chi connectivity index (χ1v) is 13.2. The predicted octanol–water partition coefficient (Wildman–Crippen LogP) is 1.63. The lowest BCUT2D eigenvalue weighted by molar-refractivity contribution is -0.204. The van der Waals surface area contributed by atoms with E-state index in [1.807, 2.05) is 4.98 Å². The van der Waals surface area contributed by atoms with Gasteiger partial charge in [-0.1, -0.05) is 11.6 Å². The fraction of sp³-hybridized carbons (Fsp3) is 0.500. The van der Waals surface area contributed by atoms with Crippen LogP contribution in [0.2, 0.25) is 5.02 Å². The predicted molar refractivity (Wildman–Crippen MR) is 131 cm³/mol. The largest absolute Gasteiger partial charge is 0.462 e. The number of nitrogens with zero attached hydrogens (tertiary/aromatic N) is 1. The SMILES string of the molecule is CC(C)OC(=O)[C@H](C)NP(=O)(OCC1(F)O[C@@H](n2ccc(=O)[nH]c2=O)[C@](C)(O)[C@@H]1O)Oc1ccc(Cl)cc1. The molecule has 2 unspecified atom stereocenters. The van der Waals surface area contributed by atoms with Crippen LogP contribution in [0, 0.1) is 0 Å². The van der Waals surface area contributed by atoms with Gasteiger partial charge in [0.2, 0.25) is 0 Å². The summed E-state index contributed by atoms with van der Waals surface area (Å²) in [6.07, 6.45) is -3.69. The molecule has 16 heteroatoms. The maximum absolute atomic E-state index is 15.9. The average Bonchev–Trinajstić information content (AvgIpc) is 2.99. The molecule has 3 rings (SSSR count). The highest BCUT2D eigenvalue weighted by Crippen LogP contribution is 2.50. The Hall–Kier alpha value is -2.58. The topological polar surface area (TPSA) is 178 Å². The van der Waals surface area contributed by atoms with Crippen molar-refractivity contribution in [3.05, 3.63) is 62.4 Å². The van der Waals surface area contributed by atoms with Crippen molar-refractivity contribution in [2.24, 2.45) is 0 Å². The van der Waals surface area contributed by atoms with Crippen molar-refractivity contribution in [3.63, 3.8) is 0 Å². The van der Waals surface area contributed by atoms with Gasteiger partial charge in [0.1, 0.15) is 30.1 Å². The molecule has 0 saturated carbocycles. The van der Waals surface area contributed by atoms with E-state index in [0.29, 0.717) is 9.59 Å². The molecular weight excluding hydrogens is 552 g/mol. The smallest absolute Gasteiger partial charge is 0.459 e. The number of esters is 1. The molecule has 0 aliphatic carbocycles. The second-order valence-electron chi connectivity index (χ2n) is 9.05. The summed E-state index contributed by atoms with van der Waals surface area (Å²) < 4.78 is 51.1. The van der Waals surface area contributed by atoms with E-state index in [1.54, 1.807) is 13.8 Å². The van der Waals surface area contributed by atoms with Crippen LogP contribution in [0.4, 0.5) is 4.39 Å². The van der Waals surface area contributed by atoms with E-state index in [0.717, 1.165) is 19.2 Å². The zero-order valence-electron chi connectivity index (χ0n) is 20.8. The number of aromatic nitrogens is 2. The zero-order valence-corrected chi connectivity index (χ0v) is 22.4. The van der Waals surface area contributed by atoms with Crippen LogP contribution in [-0.2, 0) is 23.4 Å². The Morgan fingerprint density at radius 2 is 1.92 bits per heavy atom. The van der Waals surface area contributed by atoms with Crippen LogP contribution in [0.25, 0.3) is 0 Å². The number of rotatable bonds is 10. The van der Waals surface area contributed by atoms with E-state index in [9.17, 15) is 29.2 Å². The first-order chi connectivity index (χ1) is 17.6. The van der Waals surface area contributed by atoms with Gasteiger partial charge in [-0.15, -0.1) is 0 Å². The van der Waals surface area contributed by atoms with Gasteiger partial charge in [-0.05, 0) is 52.0 Å². The fourth-order valence-corrected chi connectivity index (χ4v) is 5.16. The van der Waals surface area contributed by atoms with Gasteiger partial charge in [-0.2, -0.15) is 5.09 Å². The Morgan fingerprint density at radius 1 is 1.29 bits per heavy atom. The van der Waals surface area contributed by atoms with Gasteiger partial charge in [0, 0.05) is 17.3 Å². The van der Waals surface area contributed by atoms with Gasteiger partial charge in [-0.3, -0.25) is 23.7 Å². The number of aliphatic hydroxyl groups excluding tert-OH is 1. The number of carbonyl (C=O) groups excluding carboxylic acids is 1. The third kappa shape index (κ3) is 6.70. The second kappa shape index (κ2) is 11.3. The number of aromatic amines is 1. The Labute approximate surface area is 221 Å². The fourth-order valence-electron chi connectivity index (χ4n) is 3.53. The monoisotopic (exact) mass is 579 g/mol. The molecular formula is C22H28ClFN3O10P. The minimum atomic E-state index is -4.60. The van der Waals surface area contributed by atoms with Gasteiger partial charge in [0.25, 0.3) is 11.4 Å². The molecule has 0 spiro atoms. The van der Waals surface area contributed by atoms with Gasteiger partial charge >= 0.3 is 19.4 Å². The molecule has 1 aromatic heterocycles. The van der Waals surface area contributed by atoms with Crippen LogP contribution in [0.15, 0.2) is 46.1 Å². The summed E-state index contributed by atoms with van der Waals surface area (Å²) in [4.78, 5) is 37.8. The lowest BCUT2D eigenvalue weighted by Crippen LogP contribution is -2.50. The third-order valence-corrected chi connectivity index (χ3v) is 7.28. The zero-order chi connectivity index (χ0) is 28.5. The molecule has 13 nitrogen and oxygen atoms in total. The van der Waals surface area contributed by atoms with Crippen molar-refractivity contribution < 1.29 is 42.5 Å². The summed E-state index contributed by atoms with van der Waals surface area (Å²) in [6, 6.07) is 5.19. The first kappa shape index (κ1) is 30.0. The Bertz CT molecular complexity index is 1320. The Kier molecular flexibility index (Phi) is 8.88. The summed E-state index contributed by atoms with van der Waals surface area (Å²) in [6.45, 7) is 4.22. The van der Waals surface area contributed by atoms with Crippen molar-refractivity contribution in [3.8, 4) is 5.75 Å². The molecule has 1 saturated heterocycles. The van der Waals surface area contributed by atoms with Crippen molar-refractivity contribution in [1.82, 2.24) is 14.6 Å². The number of carbonyl (C=O) groups is 1. The number of aliphatic hydroxyl groups is 2. The van der Waals surface area contributed by atoms with E-state index in [2.05, 4.69) is 5.09 Å². The maximum atomic E-state index is 15.9. The van der Waals surface area contributed by atoms with Crippen molar-refractivity contribution in [2.45, 2.75) is 63.6 Å². The quantitative estimate of drug-likeness (QED) is 0.237. The molecule has 1 aliphatic heterocycles. The van der Waals surface area contributed by atoms with E-state index >= 15 is 4.39 Å². The van der Waals surface area contributed by atoms with E-state index in [-0.39, 0.29) is 5.75 Å². The highest BCUT2D eigenvalue weighted by atomic mass is 35.5. The number of alkyl halides is 1. The molecule has 2 aromatic rings. The first-order valence-electron chi connectivity index (χ1n) is 11.3. The summed E-state index contributed by atoms with van der Waals surface area (Å²) in [7, 11) is -4.60. The summed E-state index contributed by atoms with van der Waals surface area (Å²) in [5.74, 6) is -4.07. The lowest BCUT2D eigenvalue weighted by Gasteiger charge is -2.29. The number of halogens is 2. The van der Waals surface area contributed by atoms with Crippen molar-refractivity contribution in [2.75, 3.05) is 6.61 Å². The van der Waals surface area contributed by atoms with Crippen LogP contribution in [0.1, 0.15) is 33.9 Å². The normalized spacial score (nSPS) is 27.6. The van der Waals surface area contributed by atoms with Gasteiger partial charge in [-0.25, -0.2) is 13.8 Å². The van der Waals surface area contributed by atoms with Crippen molar-refractivity contribution in [1.29, 1.82) is 0 Å². The average molecular weight is 580 g/mol. The number of hydrogen-bond acceptors (Lipinski definition) is 10. The van der Waals surface area contributed by atoms with E-state index in [4.69, 9.17) is 30.1 Å². The molecule has 0 amide bonds. The molecule has 6 atom stereocenters. The molecule has 1 fully saturated rings. The standard InChI is InChI=1S/C22H28ClFN3O10P/c1-12(2)35-17(29)13(3)26-38(33,37-15-7-5-14(23)6-8-15)34-11-22(24)18(30)21(4,32)19(36-22)27-10-9-16(28)25-20(27)31/h5-10,12-13,18-19,30,32H,11H2,1-4H3,(H,26,33)(H,25,28,31)/t13-,18-,19+,21+,22?,38?/m0/s1. The third-order valence-electron chi connectivity index (χ3n) is 5.40. The highest BCUT2D eigenvalue weighted by molar-refractivity contribution is 7.52. The second-order valence-corrected chi connectivity index (χ2v) is 11.2. The molecule has 38 heavy (non-hydrogen) atoms. The van der Waals surface area contributed by atoms with Crippen LogP contribution in [-0.4, -0.2) is 62.0 Å². The van der Waals surface area contributed by atoms with Gasteiger partial charge < -0.3 is 24.2 Å². The Morgan fingerprint density at radius 3 is 2.50 bits per heavy atom. The minimum Gasteiger partial charge on any atom is -0.462 e. The number of hydrogen-bond donors (Lipinski definition) is 4. The van der Waals surface area contributed by atoms with E-state index in [1.165, 1.54) is 31.2 Å². The molecule has 0 radical (unpaired) electrons. The molecule has 0 bridgehead atoms. The lowest BCUT2D eigenvalue weighted by atomic mass is 9.95. The molecule has 210 valence electrons. The summed E-state index contributed by atoms with van der Waals surface area (Å²) in [5, 5.41) is 24.0. The highest BCUT2D eigenvalue weighted by Gasteiger charge is 2.63. The Balaban J connectivity index is 1.87.